The Morgan fingerprint density at radius 2 is 1.58 bits per heavy atom. The summed E-state index contributed by atoms with van der Waals surface area (Å²) in [5.74, 6) is -0.949. The zero-order valence-electron chi connectivity index (χ0n) is 23.0. The average Bonchev–Trinajstić information content (AvgIpc) is 3.46. The fourth-order valence-corrected chi connectivity index (χ4v) is 7.74. The van der Waals surface area contributed by atoms with Crippen LogP contribution in [0, 0.1) is 0 Å². The standard InChI is InChI=1S/C33H28N2O6S2/c36-26(18-21-10-4-1-5-11-21)34-27-30(37)35-28(25(20-43-31(27)35)42-19-24-16-17-40-32(24)38)33(39)41-29(22-12-6-2-7-13-22)23-14-8-3-9-15-23/h1-16,27,29,31H,17-20H2,(H,34,36)/t27-,31-/m1/s1. The van der Waals surface area contributed by atoms with Gasteiger partial charge in [0.1, 0.15) is 23.7 Å². The number of nitrogens with one attached hydrogen (secondary N) is 1. The number of thioether (sulfide) groups is 2. The molecule has 0 spiro atoms. The molecule has 0 saturated carbocycles. The van der Waals surface area contributed by atoms with Crippen molar-refractivity contribution < 1.29 is 28.7 Å². The number of ether oxygens (including phenoxy) is 2. The van der Waals surface area contributed by atoms with Crippen LogP contribution in [0.4, 0.5) is 0 Å². The van der Waals surface area contributed by atoms with Crippen LogP contribution in [-0.4, -0.2) is 58.2 Å². The number of cyclic esters (lactones) is 1. The van der Waals surface area contributed by atoms with Gasteiger partial charge in [-0.15, -0.1) is 23.5 Å². The number of rotatable bonds is 10. The monoisotopic (exact) mass is 612 g/mol. The molecule has 0 bridgehead atoms. The zero-order chi connectivity index (χ0) is 29.8. The Kier molecular flexibility index (Phi) is 8.67. The third-order valence-electron chi connectivity index (χ3n) is 7.29. The summed E-state index contributed by atoms with van der Waals surface area (Å²) >= 11 is 2.79. The van der Waals surface area contributed by atoms with E-state index in [1.54, 1.807) is 6.08 Å². The third kappa shape index (κ3) is 6.25. The second-order valence-corrected chi connectivity index (χ2v) is 12.3. The smallest absolute Gasteiger partial charge is 0.356 e. The van der Waals surface area contributed by atoms with Gasteiger partial charge in [0.25, 0.3) is 5.91 Å². The molecule has 2 amide bonds. The van der Waals surface area contributed by atoms with E-state index in [9.17, 15) is 19.2 Å². The van der Waals surface area contributed by atoms with Crippen LogP contribution in [0.25, 0.3) is 0 Å². The Morgan fingerprint density at radius 1 is 0.953 bits per heavy atom. The van der Waals surface area contributed by atoms with Crippen LogP contribution in [0.5, 0.6) is 0 Å². The highest BCUT2D eigenvalue weighted by Crippen LogP contribution is 2.45. The molecular formula is C33H28N2O6S2. The summed E-state index contributed by atoms with van der Waals surface area (Å²) in [6, 6.07) is 27.4. The van der Waals surface area contributed by atoms with Crippen molar-refractivity contribution in [3.05, 3.63) is 130 Å². The number of nitrogens with zero attached hydrogens (tertiary/aromatic N) is 1. The maximum absolute atomic E-state index is 14.0. The number of hydrogen-bond acceptors (Lipinski definition) is 8. The number of hydrogen-bond donors (Lipinski definition) is 1. The average molecular weight is 613 g/mol. The molecule has 8 nitrogen and oxygen atoms in total. The van der Waals surface area contributed by atoms with E-state index in [0.717, 1.165) is 16.7 Å². The lowest BCUT2D eigenvalue weighted by atomic mass is 10.0. The van der Waals surface area contributed by atoms with Crippen LogP contribution in [0.3, 0.4) is 0 Å². The third-order valence-corrected chi connectivity index (χ3v) is 9.89. The van der Waals surface area contributed by atoms with Crippen LogP contribution >= 0.6 is 23.5 Å². The SMILES string of the molecule is O=C(Cc1ccccc1)N[C@@H]1C(=O)N2C(C(=O)OC(c3ccccc3)c3ccccc3)=C(SCC3=CCOC3=O)CS[C@H]12. The minimum absolute atomic E-state index is 0.148. The topological polar surface area (TPSA) is 102 Å². The summed E-state index contributed by atoms with van der Waals surface area (Å²) in [7, 11) is 0. The van der Waals surface area contributed by atoms with Crippen molar-refractivity contribution >= 4 is 47.3 Å². The van der Waals surface area contributed by atoms with Gasteiger partial charge in [0.15, 0.2) is 6.10 Å². The Bertz CT molecular complexity index is 1550. The van der Waals surface area contributed by atoms with Gasteiger partial charge in [-0.3, -0.25) is 14.5 Å². The van der Waals surface area contributed by atoms with Crippen molar-refractivity contribution in [3.63, 3.8) is 0 Å². The van der Waals surface area contributed by atoms with Gasteiger partial charge in [-0.1, -0.05) is 91.0 Å². The maximum atomic E-state index is 14.0. The van der Waals surface area contributed by atoms with Crippen molar-refractivity contribution in [1.82, 2.24) is 10.2 Å². The molecule has 2 atom stereocenters. The first-order chi connectivity index (χ1) is 21.0. The molecule has 3 aliphatic heterocycles. The molecule has 218 valence electrons. The second kappa shape index (κ2) is 12.9. The molecule has 10 heteroatoms. The fraction of sp³-hybridized carbons (Fsp3) is 0.212. The van der Waals surface area contributed by atoms with Crippen molar-refractivity contribution in [3.8, 4) is 0 Å². The fourth-order valence-electron chi connectivity index (χ4n) is 5.12. The van der Waals surface area contributed by atoms with E-state index in [1.165, 1.54) is 28.4 Å². The highest BCUT2D eigenvalue weighted by molar-refractivity contribution is 8.06. The molecule has 0 aliphatic carbocycles. The first-order valence-electron chi connectivity index (χ1n) is 13.8. The van der Waals surface area contributed by atoms with Gasteiger partial charge in [-0.25, -0.2) is 9.59 Å². The molecule has 3 aromatic rings. The summed E-state index contributed by atoms with van der Waals surface area (Å²) in [6.45, 7) is 0.226. The Labute approximate surface area is 257 Å². The number of carbonyl (C=O) groups is 4. The van der Waals surface area contributed by atoms with Crippen LogP contribution in [-0.2, 0) is 35.1 Å². The van der Waals surface area contributed by atoms with Gasteiger partial charge in [-0.2, -0.15) is 0 Å². The van der Waals surface area contributed by atoms with Crippen molar-refractivity contribution in [2.45, 2.75) is 23.9 Å². The molecule has 3 aliphatic rings. The molecule has 3 aromatic carbocycles. The summed E-state index contributed by atoms with van der Waals surface area (Å²) in [6.07, 6.45) is 1.17. The lowest BCUT2D eigenvalue weighted by Gasteiger charge is -2.49. The summed E-state index contributed by atoms with van der Waals surface area (Å²) in [5.41, 5.74) is 3.09. The maximum Gasteiger partial charge on any atom is 0.356 e. The quantitative estimate of drug-likeness (QED) is 0.266. The minimum Gasteiger partial charge on any atom is -0.458 e. The number of fused-ring (bicyclic) bond motifs is 1. The summed E-state index contributed by atoms with van der Waals surface area (Å²) in [5, 5.41) is 2.40. The van der Waals surface area contributed by atoms with Crippen LogP contribution in [0.1, 0.15) is 22.8 Å². The summed E-state index contributed by atoms with van der Waals surface area (Å²) < 4.78 is 11.2. The highest BCUT2D eigenvalue weighted by Gasteiger charge is 2.54. The number of carbonyl (C=O) groups excluding carboxylic acids is 4. The molecule has 1 fully saturated rings. The van der Waals surface area contributed by atoms with E-state index in [2.05, 4.69) is 5.32 Å². The van der Waals surface area contributed by atoms with Gasteiger partial charge in [-0.05, 0) is 22.8 Å². The van der Waals surface area contributed by atoms with E-state index in [1.807, 2.05) is 91.0 Å². The van der Waals surface area contributed by atoms with Gasteiger partial charge < -0.3 is 14.8 Å². The van der Waals surface area contributed by atoms with Crippen LogP contribution in [0.2, 0.25) is 0 Å². The van der Waals surface area contributed by atoms with Gasteiger partial charge >= 0.3 is 11.9 Å². The van der Waals surface area contributed by atoms with Crippen molar-refractivity contribution in [1.29, 1.82) is 0 Å². The first-order valence-corrected chi connectivity index (χ1v) is 15.8. The number of β-lactam (4-membered cyclic amide) rings is 1. The van der Waals surface area contributed by atoms with Crippen molar-refractivity contribution in [2.75, 3.05) is 18.1 Å². The molecule has 0 radical (unpaired) electrons. The highest BCUT2D eigenvalue weighted by atomic mass is 32.2. The lowest BCUT2D eigenvalue weighted by Crippen LogP contribution is -2.70. The van der Waals surface area contributed by atoms with Gasteiger partial charge in [0, 0.05) is 22.0 Å². The molecular weight excluding hydrogens is 585 g/mol. The first kappa shape index (κ1) is 28.8. The predicted octanol–water partition coefficient (Wildman–Crippen LogP) is 4.39. The number of amides is 2. The van der Waals surface area contributed by atoms with E-state index < -0.39 is 23.5 Å². The molecule has 1 N–H and O–H groups in total. The lowest BCUT2D eigenvalue weighted by molar-refractivity contribution is -0.154. The Balaban J connectivity index is 1.26. The van der Waals surface area contributed by atoms with E-state index >= 15 is 0 Å². The van der Waals surface area contributed by atoms with E-state index in [0.29, 0.717) is 22.0 Å². The van der Waals surface area contributed by atoms with Gasteiger partial charge in [0.05, 0.1) is 6.42 Å². The van der Waals surface area contributed by atoms with Crippen LogP contribution in [0.15, 0.2) is 113 Å². The second-order valence-electron chi connectivity index (χ2n) is 10.1. The molecule has 0 aromatic heterocycles. The van der Waals surface area contributed by atoms with Crippen LogP contribution < -0.4 is 5.32 Å². The predicted molar refractivity (Wildman–Crippen MR) is 165 cm³/mol. The minimum atomic E-state index is -0.762. The number of esters is 2. The molecule has 43 heavy (non-hydrogen) atoms. The number of benzene rings is 3. The molecule has 0 unspecified atom stereocenters. The van der Waals surface area contributed by atoms with E-state index in [4.69, 9.17) is 9.47 Å². The zero-order valence-corrected chi connectivity index (χ0v) is 24.6. The molecule has 3 heterocycles. The van der Waals surface area contributed by atoms with E-state index in [-0.39, 0.29) is 36.5 Å². The summed E-state index contributed by atoms with van der Waals surface area (Å²) in [4.78, 5) is 54.5. The van der Waals surface area contributed by atoms with Crippen molar-refractivity contribution in [2.24, 2.45) is 0 Å². The van der Waals surface area contributed by atoms with Gasteiger partial charge in [0.2, 0.25) is 5.91 Å². The molecule has 1 saturated heterocycles. The Morgan fingerprint density at radius 3 is 2.19 bits per heavy atom. The largest absolute Gasteiger partial charge is 0.458 e. The normalized spacial score (nSPS) is 19.4. The Hall–Kier alpha value is -4.28. The molecule has 6 rings (SSSR count).